The van der Waals surface area contributed by atoms with Crippen LogP contribution in [-0.4, -0.2) is 34.0 Å². The molecule has 2 N–H and O–H groups in total. The fourth-order valence-corrected chi connectivity index (χ4v) is 7.31. The molecule has 0 saturated heterocycles. The number of Topliss-reactive ketones (excluding diaryl/α,β-unsaturated/α-hetero) is 1. The van der Waals surface area contributed by atoms with Crippen LogP contribution in [0.1, 0.15) is 59.3 Å². The number of aliphatic hydroxyl groups excluding tert-OH is 2. The molecule has 4 heteroatoms. The molecule has 4 aliphatic carbocycles. The lowest BCUT2D eigenvalue weighted by atomic mass is 9.46. The minimum absolute atomic E-state index is 0.0308. The van der Waals surface area contributed by atoms with Gasteiger partial charge in [-0.15, -0.1) is 0 Å². The summed E-state index contributed by atoms with van der Waals surface area (Å²) in [5, 5.41) is 21.0. The molecule has 0 bridgehead atoms. The Hall–Kier alpha value is -1.00. The second-order valence-corrected chi connectivity index (χ2v) is 9.55. The maximum absolute atomic E-state index is 12.2. The number of aliphatic hydroxyl groups is 2. The number of hydrogen-bond donors (Lipinski definition) is 2. The molecule has 0 radical (unpaired) electrons. The van der Waals surface area contributed by atoms with Gasteiger partial charge in [-0.05, 0) is 80.1 Å². The molecule has 0 heterocycles. The van der Waals surface area contributed by atoms with Crippen LogP contribution in [0.15, 0.2) is 11.6 Å². The molecule has 4 rings (SSSR count). The third-order valence-electron chi connectivity index (χ3n) is 8.47. The van der Waals surface area contributed by atoms with E-state index in [1.165, 1.54) is 5.57 Å². The predicted molar refractivity (Wildman–Crippen MR) is 93.7 cm³/mol. The SMILES string of the molecule is CC(=O)C1CC(O)C2C3CCC4=CC(=O)C(O)CC4(C)C3CCC12C. The van der Waals surface area contributed by atoms with Crippen molar-refractivity contribution < 1.29 is 19.8 Å². The van der Waals surface area contributed by atoms with E-state index in [9.17, 15) is 19.8 Å². The van der Waals surface area contributed by atoms with Crippen LogP contribution in [0, 0.1) is 34.5 Å². The molecule has 0 aromatic rings. The normalized spacial score (nSPS) is 52.0. The third-order valence-corrected chi connectivity index (χ3v) is 8.47. The number of allylic oxidation sites excluding steroid dienone is 1. The minimum atomic E-state index is -0.890. The van der Waals surface area contributed by atoms with E-state index in [-0.39, 0.29) is 34.2 Å². The Labute approximate surface area is 149 Å². The Morgan fingerprint density at radius 2 is 1.96 bits per heavy atom. The summed E-state index contributed by atoms with van der Waals surface area (Å²) in [5.41, 5.74) is 0.946. The molecule has 4 aliphatic rings. The molecular weight excluding hydrogens is 316 g/mol. The highest BCUT2D eigenvalue weighted by Gasteiger charge is 2.63. The van der Waals surface area contributed by atoms with Crippen molar-refractivity contribution in [2.45, 2.75) is 71.5 Å². The van der Waals surface area contributed by atoms with Crippen molar-refractivity contribution in [3.63, 3.8) is 0 Å². The number of carbonyl (C=O) groups is 2. The topological polar surface area (TPSA) is 74.6 Å². The summed E-state index contributed by atoms with van der Waals surface area (Å²) in [5.74, 6) is 0.951. The molecule has 0 amide bonds. The summed E-state index contributed by atoms with van der Waals surface area (Å²) < 4.78 is 0. The largest absolute Gasteiger partial charge is 0.393 e. The van der Waals surface area contributed by atoms with E-state index in [0.717, 1.165) is 25.7 Å². The van der Waals surface area contributed by atoms with Crippen molar-refractivity contribution in [1.82, 2.24) is 0 Å². The zero-order chi connectivity index (χ0) is 18.1. The first-order valence-electron chi connectivity index (χ1n) is 9.80. The van der Waals surface area contributed by atoms with E-state index in [0.29, 0.717) is 24.7 Å². The average molecular weight is 346 g/mol. The molecule has 0 aromatic heterocycles. The first-order valence-corrected chi connectivity index (χ1v) is 9.80. The Balaban J connectivity index is 1.71. The van der Waals surface area contributed by atoms with E-state index >= 15 is 0 Å². The van der Waals surface area contributed by atoms with Crippen LogP contribution in [0.4, 0.5) is 0 Å². The van der Waals surface area contributed by atoms with Gasteiger partial charge in [-0.25, -0.2) is 0 Å². The lowest BCUT2D eigenvalue weighted by Crippen LogP contribution is -2.54. The van der Waals surface area contributed by atoms with Crippen LogP contribution in [0.3, 0.4) is 0 Å². The zero-order valence-corrected chi connectivity index (χ0v) is 15.5. The fourth-order valence-electron chi connectivity index (χ4n) is 7.31. The van der Waals surface area contributed by atoms with E-state index in [4.69, 9.17) is 0 Å². The molecule has 8 atom stereocenters. The van der Waals surface area contributed by atoms with Gasteiger partial charge in [-0.2, -0.15) is 0 Å². The Morgan fingerprint density at radius 3 is 2.64 bits per heavy atom. The molecule has 0 spiro atoms. The maximum Gasteiger partial charge on any atom is 0.184 e. The van der Waals surface area contributed by atoms with Crippen molar-refractivity contribution in [3.05, 3.63) is 11.6 Å². The van der Waals surface area contributed by atoms with Crippen LogP contribution in [0.5, 0.6) is 0 Å². The summed E-state index contributed by atoms with van der Waals surface area (Å²) in [6, 6.07) is 0. The molecular formula is C21H30O4. The number of hydrogen-bond acceptors (Lipinski definition) is 4. The van der Waals surface area contributed by atoms with Crippen molar-refractivity contribution in [2.75, 3.05) is 0 Å². The van der Waals surface area contributed by atoms with Gasteiger partial charge in [-0.1, -0.05) is 19.4 Å². The minimum Gasteiger partial charge on any atom is -0.393 e. The van der Waals surface area contributed by atoms with E-state index < -0.39 is 12.2 Å². The molecule has 8 unspecified atom stereocenters. The van der Waals surface area contributed by atoms with Crippen molar-refractivity contribution in [2.24, 2.45) is 34.5 Å². The first kappa shape index (κ1) is 17.4. The van der Waals surface area contributed by atoms with Crippen LogP contribution in [0.2, 0.25) is 0 Å². The second-order valence-electron chi connectivity index (χ2n) is 9.55. The predicted octanol–water partition coefficient (Wildman–Crippen LogP) is 2.67. The van der Waals surface area contributed by atoms with Gasteiger partial charge in [0, 0.05) is 5.92 Å². The van der Waals surface area contributed by atoms with Gasteiger partial charge in [0.2, 0.25) is 0 Å². The van der Waals surface area contributed by atoms with Gasteiger partial charge in [0.05, 0.1) is 6.10 Å². The Kier molecular flexibility index (Phi) is 3.83. The van der Waals surface area contributed by atoms with Crippen molar-refractivity contribution in [1.29, 1.82) is 0 Å². The quantitative estimate of drug-likeness (QED) is 0.765. The summed E-state index contributed by atoms with van der Waals surface area (Å²) >= 11 is 0. The lowest BCUT2D eigenvalue weighted by molar-refractivity contribution is -0.133. The van der Waals surface area contributed by atoms with Gasteiger partial charge >= 0.3 is 0 Å². The first-order chi connectivity index (χ1) is 11.7. The van der Waals surface area contributed by atoms with Gasteiger partial charge in [0.15, 0.2) is 5.78 Å². The molecule has 3 saturated carbocycles. The van der Waals surface area contributed by atoms with Gasteiger partial charge in [0.25, 0.3) is 0 Å². The summed E-state index contributed by atoms with van der Waals surface area (Å²) in [4.78, 5) is 24.1. The van der Waals surface area contributed by atoms with E-state index in [1.54, 1.807) is 13.0 Å². The van der Waals surface area contributed by atoms with Crippen molar-refractivity contribution in [3.8, 4) is 0 Å². The van der Waals surface area contributed by atoms with E-state index in [1.807, 2.05) is 0 Å². The number of carbonyl (C=O) groups excluding carboxylic acids is 2. The number of rotatable bonds is 1. The van der Waals surface area contributed by atoms with Crippen molar-refractivity contribution >= 4 is 11.6 Å². The summed E-state index contributed by atoms with van der Waals surface area (Å²) in [6.45, 7) is 6.09. The highest BCUT2D eigenvalue weighted by molar-refractivity contribution is 5.95. The average Bonchev–Trinajstić information content (AvgIpc) is 2.80. The van der Waals surface area contributed by atoms with Crippen LogP contribution in [0.25, 0.3) is 0 Å². The van der Waals surface area contributed by atoms with Crippen LogP contribution in [-0.2, 0) is 9.59 Å². The Bertz CT molecular complexity index is 652. The Morgan fingerprint density at radius 1 is 1.24 bits per heavy atom. The second kappa shape index (κ2) is 5.50. The smallest absolute Gasteiger partial charge is 0.184 e. The zero-order valence-electron chi connectivity index (χ0n) is 15.5. The van der Waals surface area contributed by atoms with Gasteiger partial charge < -0.3 is 10.2 Å². The monoisotopic (exact) mass is 346 g/mol. The van der Waals surface area contributed by atoms with Crippen LogP contribution >= 0.6 is 0 Å². The molecule has 0 aliphatic heterocycles. The number of fused-ring (bicyclic) bond motifs is 5. The van der Waals surface area contributed by atoms with E-state index in [2.05, 4.69) is 13.8 Å². The molecule has 3 fully saturated rings. The highest BCUT2D eigenvalue weighted by Crippen LogP contribution is 2.66. The lowest BCUT2D eigenvalue weighted by Gasteiger charge is -2.58. The number of ketones is 2. The molecule has 138 valence electrons. The van der Waals surface area contributed by atoms with Crippen LogP contribution < -0.4 is 0 Å². The standard InChI is InChI=1S/C21H30O4/c1-11(22)15-9-17(24)19-13-5-4-12-8-16(23)18(25)10-21(12,3)14(13)6-7-20(15,19)2/h8,13-15,17-19,24-25H,4-7,9-10H2,1-3H3. The highest BCUT2D eigenvalue weighted by atomic mass is 16.3. The summed E-state index contributed by atoms with van der Waals surface area (Å²) in [7, 11) is 0. The molecule has 0 aromatic carbocycles. The fraction of sp³-hybridized carbons (Fsp3) is 0.810. The molecule has 4 nitrogen and oxygen atoms in total. The summed E-state index contributed by atoms with van der Waals surface area (Å²) in [6.07, 6.45) is 5.33. The molecule has 25 heavy (non-hydrogen) atoms. The third kappa shape index (κ3) is 2.26. The maximum atomic E-state index is 12.2. The van der Waals surface area contributed by atoms with Gasteiger partial charge in [-0.3, -0.25) is 9.59 Å². The van der Waals surface area contributed by atoms with Gasteiger partial charge in [0.1, 0.15) is 11.9 Å².